The fourth-order valence-electron chi connectivity index (χ4n) is 1.84. The highest BCUT2D eigenvalue weighted by Crippen LogP contribution is 2.18. The number of urea groups is 1. The number of carbonyl (C=O) groups is 2. The minimum atomic E-state index is -2.56. The van der Waals surface area contributed by atoms with Crippen LogP contribution in [0.3, 0.4) is 0 Å². The van der Waals surface area contributed by atoms with Gasteiger partial charge in [0.15, 0.2) is 0 Å². The van der Waals surface area contributed by atoms with Gasteiger partial charge in [0.2, 0.25) is 0 Å². The molecule has 5 nitrogen and oxygen atoms in total. The SMILES string of the molecule is CN(CC(F)F)C(=O)N1CCC(C(=O)O)CC1. The van der Waals surface area contributed by atoms with Gasteiger partial charge in [0.05, 0.1) is 12.5 Å². The highest BCUT2D eigenvalue weighted by molar-refractivity contribution is 5.75. The van der Waals surface area contributed by atoms with Crippen LogP contribution < -0.4 is 0 Å². The average molecular weight is 250 g/mol. The van der Waals surface area contributed by atoms with E-state index in [4.69, 9.17) is 5.11 Å². The Hall–Kier alpha value is -1.40. The molecule has 1 fully saturated rings. The summed E-state index contributed by atoms with van der Waals surface area (Å²) in [6.45, 7) is 0.0183. The zero-order valence-corrected chi connectivity index (χ0v) is 9.60. The third-order valence-electron chi connectivity index (χ3n) is 2.85. The number of carbonyl (C=O) groups excluding carboxylic acids is 1. The molecule has 0 atom stereocenters. The van der Waals surface area contributed by atoms with Crippen molar-refractivity contribution >= 4 is 12.0 Å². The third kappa shape index (κ3) is 3.83. The summed E-state index contributed by atoms with van der Waals surface area (Å²) in [7, 11) is 1.32. The number of carboxylic acids is 1. The number of rotatable bonds is 3. The highest BCUT2D eigenvalue weighted by Gasteiger charge is 2.28. The molecule has 0 aromatic carbocycles. The lowest BCUT2D eigenvalue weighted by molar-refractivity contribution is -0.143. The normalized spacial score (nSPS) is 17.3. The van der Waals surface area contributed by atoms with E-state index in [9.17, 15) is 18.4 Å². The maximum Gasteiger partial charge on any atom is 0.319 e. The Bertz CT molecular complexity index is 291. The van der Waals surface area contributed by atoms with Gasteiger partial charge >= 0.3 is 12.0 Å². The van der Waals surface area contributed by atoms with E-state index in [-0.39, 0.29) is 0 Å². The first-order valence-corrected chi connectivity index (χ1v) is 5.42. The van der Waals surface area contributed by atoms with E-state index in [1.54, 1.807) is 0 Å². The summed E-state index contributed by atoms with van der Waals surface area (Å²) >= 11 is 0. The predicted molar refractivity (Wildman–Crippen MR) is 56.0 cm³/mol. The summed E-state index contributed by atoms with van der Waals surface area (Å²) in [4.78, 5) is 24.8. The zero-order chi connectivity index (χ0) is 13.0. The van der Waals surface area contributed by atoms with Crippen LogP contribution in [0.25, 0.3) is 0 Å². The molecule has 1 rings (SSSR count). The number of carboxylic acid groups (broad SMARTS) is 1. The monoisotopic (exact) mass is 250 g/mol. The molecular weight excluding hydrogens is 234 g/mol. The molecule has 7 heteroatoms. The van der Waals surface area contributed by atoms with E-state index in [0.29, 0.717) is 25.9 Å². The molecule has 0 unspecified atom stereocenters. The zero-order valence-electron chi connectivity index (χ0n) is 9.60. The van der Waals surface area contributed by atoms with Gasteiger partial charge in [-0.1, -0.05) is 0 Å². The van der Waals surface area contributed by atoms with Gasteiger partial charge in [0, 0.05) is 20.1 Å². The minimum Gasteiger partial charge on any atom is -0.481 e. The van der Waals surface area contributed by atoms with E-state index >= 15 is 0 Å². The fraction of sp³-hybridized carbons (Fsp3) is 0.800. The Morgan fingerprint density at radius 2 is 1.94 bits per heavy atom. The second-order valence-corrected chi connectivity index (χ2v) is 4.15. The van der Waals surface area contributed by atoms with Crippen LogP contribution in [0.15, 0.2) is 0 Å². The molecule has 0 aliphatic carbocycles. The van der Waals surface area contributed by atoms with Crippen molar-refractivity contribution < 1.29 is 23.5 Å². The number of hydrogen-bond acceptors (Lipinski definition) is 2. The van der Waals surface area contributed by atoms with E-state index in [1.807, 2.05) is 0 Å². The van der Waals surface area contributed by atoms with E-state index in [1.165, 1.54) is 11.9 Å². The first kappa shape index (κ1) is 13.7. The molecule has 0 spiro atoms. The molecule has 0 aromatic rings. The smallest absolute Gasteiger partial charge is 0.319 e. The number of nitrogens with zero attached hydrogens (tertiary/aromatic N) is 2. The number of halogens is 2. The van der Waals surface area contributed by atoms with Crippen LogP contribution in [0.5, 0.6) is 0 Å². The van der Waals surface area contributed by atoms with Crippen molar-refractivity contribution in [2.45, 2.75) is 19.3 Å². The summed E-state index contributed by atoms with van der Waals surface area (Å²) in [6.07, 6.45) is -1.80. The lowest BCUT2D eigenvalue weighted by Crippen LogP contribution is -2.47. The van der Waals surface area contributed by atoms with Crippen LogP contribution >= 0.6 is 0 Å². The van der Waals surface area contributed by atoms with Crippen LogP contribution in [0.1, 0.15) is 12.8 Å². The predicted octanol–water partition coefficient (Wildman–Crippen LogP) is 1.10. The molecule has 0 saturated carbocycles. The number of aliphatic carboxylic acids is 1. The molecule has 1 saturated heterocycles. The summed E-state index contributed by atoms with van der Waals surface area (Å²) in [5.41, 5.74) is 0. The molecule has 1 aliphatic rings. The molecule has 17 heavy (non-hydrogen) atoms. The molecule has 1 heterocycles. The average Bonchev–Trinajstić information content (AvgIpc) is 2.27. The Balaban J connectivity index is 2.43. The minimum absolute atomic E-state index is 0.309. The third-order valence-corrected chi connectivity index (χ3v) is 2.85. The maximum atomic E-state index is 12.1. The van der Waals surface area contributed by atoms with Crippen molar-refractivity contribution in [2.75, 3.05) is 26.7 Å². The number of likely N-dealkylation sites (tertiary alicyclic amines) is 1. The highest BCUT2D eigenvalue weighted by atomic mass is 19.3. The van der Waals surface area contributed by atoms with Crippen molar-refractivity contribution in [3.63, 3.8) is 0 Å². The summed E-state index contributed by atoms with van der Waals surface area (Å²) in [6, 6.07) is -0.464. The van der Waals surface area contributed by atoms with Gasteiger partial charge in [-0.25, -0.2) is 13.6 Å². The van der Waals surface area contributed by atoms with Crippen LogP contribution in [0.2, 0.25) is 0 Å². The largest absolute Gasteiger partial charge is 0.481 e. The second kappa shape index (κ2) is 5.79. The summed E-state index contributed by atoms with van der Waals surface area (Å²) in [5.74, 6) is -1.29. The lowest BCUT2D eigenvalue weighted by atomic mass is 9.97. The summed E-state index contributed by atoms with van der Waals surface area (Å²) in [5, 5.41) is 8.78. The molecule has 98 valence electrons. The number of alkyl halides is 2. The van der Waals surface area contributed by atoms with E-state index in [2.05, 4.69) is 0 Å². The number of piperidine rings is 1. The van der Waals surface area contributed by atoms with E-state index in [0.717, 1.165) is 4.90 Å². The first-order valence-electron chi connectivity index (χ1n) is 5.42. The van der Waals surface area contributed by atoms with Gasteiger partial charge in [-0.05, 0) is 12.8 Å². The van der Waals surface area contributed by atoms with Crippen LogP contribution in [0, 0.1) is 5.92 Å². The van der Waals surface area contributed by atoms with Crippen LogP contribution in [-0.2, 0) is 4.79 Å². The summed E-state index contributed by atoms with van der Waals surface area (Å²) < 4.78 is 24.2. The topological polar surface area (TPSA) is 60.9 Å². The Labute approximate surface area is 98.0 Å². The van der Waals surface area contributed by atoms with E-state index < -0.39 is 30.9 Å². The fourth-order valence-corrected chi connectivity index (χ4v) is 1.84. The first-order chi connectivity index (χ1) is 7.91. The molecule has 0 radical (unpaired) electrons. The molecule has 0 bridgehead atoms. The molecular formula is C10H16F2N2O3. The van der Waals surface area contributed by atoms with Crippen LogP contribution in [0.4, 0.5) is 13.6 Å². The molecule has 0 aromatic heterocycles. The van der Waals surface area contributed by atoms with Gasteiger partial charge in [-0.2, -0.15) is 0 Å². The number of amides is 2. The quantitative estimate of drug-likeness (QED) is 0.816. The van der Waals surface area contributed by atoms with Crippen molar-refractivity contribution in [3.05, 3.63) is 0 Å². The maximum absolute atomic E-state index is 12.1. The van der Waals surface area contributed by atoms with Gasteiger partial charge in [0.1, 0.15) is 0 Å². The van der Waals surface area contributed by atoms with Gasteiger partial charge in [-0.15, -0.1) is 0 Å². The van der Waals surface area contributed by atoms with Gasteiger partial charge < -0.3 is 14.9 Å². The molecule has 2 amide bonds. The number of hydrogen-bond donors (Lipinski definition) is 1. The second-order valence-electron chi connectivity index (χ2n) is 4.15. The molecule has 1 N–H and O–H groups in total. The Morgan fingerprint density at radius 3 is 2.35 bits per heavy atom. The molecule has 1 aliphatic heterocycles. The Kier molecular flexibility index (Phi) is 4.65. The van der Waals surface area contributed by atoms with Gasteiger partial charge in [-0.3, -0.25) is 4.79 Å². The van der Waals surface area contributed by atoms with Crippen molar-refractivity contribution in [1.82, 2.24) is 9.80 Å². The standard InChI is InChI=1S/C10H16F2N2O3/c1-13(6-8(11)12)10(17)14-4-2-7(3-5-14)9(15)16/h7-8H,2-6H2,1H3,(H,15,16). The van der Waals surface area contributed by atoms with Gasteiger partial charge in [0.25, 0.3) is 6.43 Å². The Morgan fingerprint density at radius 1 is 1.41 bits per heavy atom. The van der Waals surface area contributed by atoms with Crippen molar-refractivity contribution in [2.24, 2.45) is 5.92 Å². The lowest BCUT2D eigenvalue weighted by Gasteiger charge is -2.33. The van der Waals surface area contributed by atoms with Crippen LogP contribution in [-0.4, -0.2) is 60.0 Å². The van der Waals surface area contributed by atoms with Crippen molar-refractivity contribution in [3.8, 4) is 0 Å². The van der Waals surface area contributed by atoms with Crippen molar-refractivity contribution in [1.29, 1.82) is 0 Å².